The van der Waals surface area contributed by atoms with E-state index in [-0.39, 0.29) is 11.6 Å². The van der Waals surface area contributed by atoms with Crippen molar-refractivity contribution < 1.29 is 18.0 Å². The molecule has 0 radical (unpaired) electrons. The van der Waals surface area contributed by atoms with Crippen LogP contribution in [0.15, 0.2) is 12.4 Å². The van der Waals surface area contributed by atoms with E-state index in [1.807, 2.05) is 0 Å². The van der Waals surface area contributed by atoms with Gasteiger partial charge in [-0.1, -0.05) is 0 Å². The molecule has 3 heterocycles. The fraction of sp³-hybridized carbons (Fsp3) is 0.500. The maximum absolute atomic E-state index is 12.7. The summed E-state index contributed by atoms with van der Waals surface area (Å²) in [6.45, 7) is 2.24. The Labute approximate surface area is 135 Å². The summed E-state index contributed by atoms with van der Waals surface area (Å²) >= 11 is 0. The Morgan fingerprint density at radius 3 is 2.58 bits per heavy atom. The van der Waals surface area contributed by atoms with Gasteiger partial charge >= 0.3 is 6.18 Å². The van der Waals surface area contributed by atoms with Gasteiger partial charge in [0.2, 0.25) is 5.82 Å². The summed E-state index contributed by atoms with van der Waals surface area (Å²) in [7, 11) is 0. The number of amides is 1. The molecule has 1 saturated heterocycles. The number of carbonyl (C=O) groups excluding carboxylic acids is 1. The smallest absolute Gasteiger partial charge is 0.328 e. The number of aromatic amines is 1. The zero-order chi connectivity index (χ0) is 17.3. The molecule has 1 atom stereocenters. The topological polar surface area (TPSA) is 87.7 Å². The highest BCUT2D eigenvalue weighted by molar-refractivity contribution is 5.93. The number of aromatic nitrogens is 5. The number of hydrogen-bond acceptors (Lipinski definition) is 5. The third kappa shape index (κ3) is 3.22. The largest absolute Gasteiger partial charge is 0.451 e. The molecule has 2 aromatic heterocycles. The number of aryl methyl sites for hydroxylation is 1. The molecular formula is C14H15F3N6O. The molecule has 128 valence electrons. The third-order valence-corrected chi connectivity index (χ3v) is 3.83. The predicted molar refractivity (Wildman–Crippen MR) is 75.8 cm³/mol. The average Bonchev–Trinajstić information content (AvgIpc) is 3.00. The molecule has 1 fully saturated rings. The predicted octanol–water partition coefficient (Wildman–Crippen LogP) is 2.29. The number of carbonyl (C=O) groups is 1. The lowest BCUT2D eigenvalue weighted by Crippen LogP contribution is -2.39. The number of likely N-dealkylation sites (tertiary alicyclic amines) is 1. The summed E-state index contributed by atoms with van der Waals surface area (Å²) in [5.41, 5.74) is 0.0159. The van der Waals surface area contributed by atoms with Gasteiger partial charge in [-0.3, -0.25) is 9.89 Å². The first-order valence-electron chi connectivity index (χ1n) is 7.45. The Kier molecular flexibility index (Phi) is 4.20. The summed E-state index contributed by atoms with van der Waals surface area (Å²) in [6, 6.07) is -0.307. The second-order valence-electron chi connectivity index (χ2n) is 5.58. The van der Waals surface area contributed by atoms with Gasteiger partial charge in [-0.25, -0.2) is 15.0 Å². The summed E-state index contributed by atoms with van der Waals surface area (Å²) in [5.74, 6) is -0.538. The molecule has 24 heavy (non-hydrogen) atoms. The lowest BCUT2D eigenvalue weighted by atomic mass is 10.0. The Hall–Kier alpha value is -2.52. The van der Waals surface area contributed by atoms with Crippen LogP contribution in [0.2, 0.25) is 0 Å². The van der Waals surface area contributed by atoms with Crippen LogP contribution in [0.1, 0.15) is 53.1 Å². The van der Waals surface area contributed by atoms with Crippen molar-refractivity contribution in [2.75, 3.05) is 6.54 Å². The fourth-order valence-electron chi connectivity index (χ4n) is 2.70. The van der Waals surface area contributed by atoms with E-state index in [0.29, 0.717) is 24.6 Å². The molecule has 3 rings (SSSR count). The third-order valence-electron chi connectivity index (χ3n) is 3.83. The van der Waals surface area contributed by atoms with Gasteiger partial charge in [0, 0.05) is 18.9 Å². The van der Waals surface area contributed by atoms with Crippen LogP contribution in [0.3, 0.4) is 0 Å². The van der Waals surface area contributed by atoms with E-state index < -0.39 is 17.9 Å². The minimum absolute atomic E-state index is 0.0159. The van der Waals surface area contributed by atoms with Crippen LogP contribution in [0.4, 0.5) is 13.2 Å². The molecule has 2 aromatic rings. The lowest BCUT2D eigenvalue weighted by molar-refractivity contribution is -0.145. The molecule has 7 nitrogen and oxygen atoms in total. The highest BCUT2D eigenvalue weighted by Crippen LogP contribution is 2.30. The van der Waals surface area contributed by atoms with Gasteiger partial charge in [-0.15, -0.1) is 0 Å². The summed E-state index contributed by atoms with van der Waals surface area (Å²) in [6.07, 6.45) is -0.380. The van der Waals surface area contributed by atoms with E-state index in [4.69, 9.17) is 0 Å². The standard InChI is InChI=1S/C14H15F3N6O/c1-8-20-11(22-21-8)10-4-2-3-5-23(10)12(24)9-6-18-13(19-7-9)14(15,16)17/h6-7,10H,2-5H2,1H3,(H,20,21,22)/t10-/m0/s1. The second-order valence-corrected chi connectivity index (χ2v) is 5.58. The van der Waals surface area contributed by atoms with Gasteiger partial charge in [0.15, 0.2) is 5.82 Å². The molecule has 0 bridgehead atoms. The first kappa shape index (κ1) is 16.3. The Balaban J connectivity index is 1.84. The van der Waals surface area contributed by atoms with Crippen molar-refractivity contribution in [3.63, 3.8) is 0 Å². The van der Waals surface area contributed by atoms with Crippen LogP contribution in [-0.2, 0) is 6.18 Å². The van der Waals surface area contributed by atoms with Crippen LogP contribution in [0, 0.1) is 6.92 Å². The minimum Gasteiger partial charge on any atom is -0.328 e. The van der Waals surface area contributed by atoms with E-state index in [9.17, 15) is 18.0 Å². The maximum atomic E-state index is 12.7. The van der Waals surface area contributed by atoms with Gasteiger partial charge in [0.1, 0.15) is 5.82 Å². The summed E-state index contributed by atoms with van der Waals surface area (Å²) < 4.78 is 37.6. The van der Waals surface area contributed by atoms with Crippen molar-refractivity contribution in [2.45, 2.75) is 38.4 Å². The zero-order valence-electron chi connectivity index (χ0n) is 12.8. The molecular weight excluding hydrogens is 325 g/mol. The van der Waals surface area contributed by atoms with E-state index >= 15 is 0 Å². The number of H-pyrrole nitrogens is 1. The number of nitrogens with one attached hydrogen (secondary N) is 1. The zero-order valence-corrected chi connectivity index (χ0v) is 12.8. The van der Waals surface area contributed by atoms with Gasteiger partial charge in [0.05, 0.1) is 11.6 Å². The molecule has 0 unspecified atom stereocenters. The lowest BCUT2D eigenvalue weighted by Gasteiger charge is -2.34. The molecule has 1 aliphatic heterocycles. The van der Waals surface area contributed by atoms with Gasteiger partial charge in [-0.2, -0.15) is 18.3 Å². The van der Waals surface area contributed by atoms with E-state index in [1.54, 1.807) is 11.8 Å². The van der Waals surface area contributed by atoms with E-state index in [2.05, 4.69) is 25.1 Å². The number of piperidine rings is 1. The molecule has 1 N–H and O–H groups in total. The van der Waals surface area contributed by atoms with E-state index in [1.165, 1.54) is 0 Å². The SMILES string of the molecule is Cc1nc([C@@H]2CCCCN2C(=O)c2cnc(C(F)(F)F)nc2)n[nH]1. The molecule has 0 aromatic carbocycles. The second kappa shape index (κ2) is 6.17. The first-order chi connectivity index (χ1) is 11.4. The molecule has 1 amide bonds. The van der Waals surface area contributed by atoms with Crippen LogP contribution >= 0.6 is 0 Å². The highest BCUT2D eigenvalue weighted by atomic mass is 19.4. The number of halogens is 3. The Morgan fingerprint density at radius 2 is 2.00 bits per heavy atom. The number of rotatable bonds is 2. The van der Waals surface area contributed by atoms with Crippen LogP contribution in [0.5, 0.6) is 0 Å². The van der Waals surface area contributed by atoms with Crippen molar-refractivity contribution in [1.82, 2.24) is 30.0 Å². The highest BCUT2D eigenvalue weighted by Gasteiger charge is 2.35. The van der Waals surface area contributed by atoms with Crippen molar-refractivity contribution in [1.29, 1.82) is 0 Å². The molecule has 0 spiro atoms. The van der Waals surface area contributed by atoms with Crippen LogP contribution in [0.25, 0.3) is 0 Å². The maximum Gasteiger partial charge on any atom is 0.451 e. The molecule has 10 heteroatoms. The van der Waals surface area contributed by atoms with E-state index in [0.717, 1.165) is 25.2 Å². The van der Waals surface area contributed by atoms with Crippen LogP contribution in [-0.4, -0.2) is 42.5 Å². The minimum atomic E-state index is -4.63. The molecule has 0 aliphatic carbocycles. The Morgan fingerprint density at radius 1 is 1.29 bits per heavy atom. The normalized spacial score (nSPS) is 18.7. The quantitative estimate of drug-likeness (QED) is 0.906. The first-order valence-corrected chi connectivity index (χ1v) is 7.45. The molecule has 1 aliphatic rings. The van der Waals surface area contributed by atoms with Crippen LogP contribution < -0.4 is 0 Å². The monoisotopic (exact) mass is 340 g/mol. The summed E-state index contributed by atoms with van der Waals surface area (Å²) in [4.78, 5) is 25.0. The van der Waals surface area contributed by atoms with Crippen molar-refractivity contribution in [3.8, 4) is 0 Å². The van der Waals surface area contributed by atoms with Crippen molar-refractivity contribution in [3.05, 3.63) is 35.4 Å². The average molecular weight is 340 g/mol. The summed E-state index contributed by atoms with van der Waals surface area (Å²) in [5, 5.41) is 6.84. The number of hydrogen-bond donors (Lipinski definition) is 1. The van der Waals surface area contributed by atoms with Crippen molar-refractivity contribution >= 4 is 5.91 Å². The number of nitrogens with zero attached hydrogens (tertiary/aromatic N) is 5. The fourth-order valence-corrected chi connectivity index (χ4v) is 2.70. The van der Waals surface area contributed by atoms with Gasteiger partial charge in [-0.05, 0) is 26.2 Å². The molecule has 0 saturated carbocycles. The Bertz CT molecular complexity index is 727. The van der Waals surface area contributed by atoms with Gasteiger partial charge < -0.3 is 4.90 Å². The van der Waals surface area contributed by atoms with Crippen molar-refractivity contribution in [2.24, 2.45) is 0 Å². The number of alkyl halides is 3. The van der Waals surface area contributed by atoms with Gasteiger partial charge in [0.25, 0.3) is 5.91 Å².